The van der Waals surface area contributed by atoms with Crippen LogP contribution in [-0.4, -0.2) is 24.2 Å². The van der Waals surface area contributed by atoms with Crippen LogP contribution in [0.1, 0.15) is 28.9 Å². The molecule has 0 bridgehead atoms. The Morgan fingerprint density at radius 2 is 2.33 bits per heavy atom. The molecule has 1 rings (SSSR count). The maximum atomic E-state index is 11.5. The van der Waals surface area contributed by atoms with Crippen molar-refractivity contribution in [3.63, 3.8) is 0 Å². The molecule has 0 aliphatic rings. The lowest BCUT2D eigenvalue weighted by molar-refractivity contribution is 0.0955. The van der Waals surface area contributed by atoms with Gasteiger partial charge in [0.15, 0.2) is 0 Å². The first-order valence-corrected chi connectivity index (χ1v) is 4.93. The van der Waals surface area contributed by atoms with E-state index in [-0.39, 0.29) is 12.5 Å². The third-order valence-corrected chi connectivity index (χ3v) is 2.11. The Balaban J connectivity index is 2.87. The first kappa shape index (κ1) is 11.7. The van der Waals surface area contributed by atoms with E-state index in [0.29, 0.717) is 12.1 Å². The van der Waals surface area contributed by atoms with Crippen LogP contribution in [0.3, 0.4) is 0 Å². The molecule has 0 heterocycles. The number of nitrogens with two attached hydrogens (primary N) is 1. The zero-order valence-electron chi connectivity index (χ0n) is 8.73. The zero-order chi connectivity index (χ0) is 11.3. The third kappa shape index (κ3) is 3.04. The lowest BCUT2D eigenvalue weighted by atomic mass is 10.0. The monoisotopic (exact) mass is 208 g/mol. The van der Waals surface area contributed by atoms with E-state index in [0.717, 1.165) is 5.56 Å². The van der Waals surface area contributed by atoms with Gasteiger partial charge in [0.1, 0.15) is 0 Å². The van der Waals surface area contributed by atoms with Crippen molar-refractivity contribution in [2.45, 2.75) is 13.0 Å². The first-order valence-electron chi connectivity index (χ1n) is 4.93. The minimum absolute atomic E-state index is 0.121. The molecule has 1 aromatic carbocycles. The van der Waals surface area contributed by atoms with E-state index < -0.39 is 6.04 Å². The second-order valence-corrected chi connectivity index (χ2v) is 3.27. The van der Waals surface area contributed by atoms with Gasteiger partial charge >= 0.3 is 0 Å². The Labute approximate surface area is 89.1 Å². The highest BCUT2D eigenvalue weighted by molar-refractivity contribution is 5.94. The van der Waals surface area contributed by atoms with Crippen LogP contribution < -0.4 is 11.1 Å². The minimum atomic E-state index is -0.431. The standard InChI is InChI=1S/C11H16N2O2/c1-2-13-11(15)9-5-3-4-8(6-9)10(12)7-14/h3-6,10,14H,2,7,12H2,1H3,(H,13,15)/t10-/m0/s1. The molecule has 82 valence electrons. The molecule has 1 atom stereocenters. The van der Waals surface area contributed by atoms with Gasteiger partial charge in [0.2, 0.25) is 0 Å². The summed E-state index contributed by atoms with van der Waals surface area (Å²) in [5.74, 6) is -0.121. The average molecular weight is 208 g/mol. The first-order chi connectivity index (χ1) is 7.19. The fraction of sp³-hybridized carbons (Fsp3) is 0.364. The maximum absolute atomic E-state index is 11.5. The van der Waals surface area contributed by atoms with Gasteiger partial charge in [-0.15, -0.1) is 0 Å². The number of rotatable bonds is 4. The van der Waals surface area contributed by atoms with Crippen molar-refractivity contribution in [2.75, 3.05) is 13.2 Å². The number of nitrogens with one attached hydrogen (secondary N) is 1. The number of amides is 1. The highest BCUT2D eigenvalue weighted by Crippen LogP contribution is 2.11. The van der Waals surface area contributed by atoms with Crippen LogP contribution in [0.4, 0.5) is 0 Å². The fourth-order valence-corrected chi connectivity index (χ4v) is 1.28. The summed E-state index contributed by atoms with van der Waals surface area (Å²) in [6.07, 6.45) is 0. The SMILES string of the molecule is CCNC(=O)c1cccc([C@@H](N)CO)c1. The zero-order valence-corrected chi connectivity index (χ0v) is 8.73. The Morgan fingerprint density at radius 1 is 1.60 bits per heavy atom. The molecule has 4 nitrogen and oxygen atoms in total. The molecular formula is C11H16N2O2. The van der Waals surface area contributed by atoms with Crippen LogP contribution in [0.5, 0.6) is 0 Å². The largest absolute Gasteiger partial charge is 0.394 e. The van der Waals surface area contributed by atoms with E-state index in [2.05, 4.69) is 5.32 Å². The lowest BCUT2D eigenvalue weighted by Crippen LogP contribution is -2.23. The number of aliphatic hydroxyl groups excluding tert-OH is 1. The van der Waals surface area contributed by atoms with Crippen LogP contribution in [0.15, 0.2) is 24.3 Å². The molecule has 0 unspecified atom stereocenters. The van der Waals surface area contributed by atoms with E-state index in [4.69, 9.17) is 10.8 Å². The van der Waals surface area contributed by atoms with Gasteiger partial charge in [-0.05, 0) is 24.6 Å². The summed E-state index contributed by atoms with van der Waals surface area (Å²) in [6, 6.07) is 6.54. The van der Waals surface area contributed by atoms with Crippen molar-refractivity contribution < 1.29 is 9.90 Å². The molecule has 0 saturated heterocycles. The summed E-state index contributed by atoms with van der Waals surface area (Å²) in [5.41, 5.74) is 6.99. The number of hydrogen-bond donors (Lipinski definition) is 3. The molecule has 4 heteroatoms. The van der Waals surface area contributed by atoms with Gasteiger partial charge in [-0.2, -0.15) is 0 Å². The van der Waals surface area contributed by atoms with Gasteiger partial charge < -0.3 is 16.2 Å². The molecule has 0 saturated carbocycles. The van der Waals surface area contributed by atoms with E-state index in [1.165, 1.54) is 0 Å². The van der Waals surface area contributed by atoms with Crippen LogP contribution in [0.25, 0.3) is 0 Å². The van der Waals surface area contributed by atoms with Crippen molar-refractivity contribution in [1.82, 2.24) is 5.32 Å². The highest BCUT2D eigenvalue weighted by Gasteiger charge is 2.08. The molecule has 15 heavy (non-hydrogen) atoms. The number of aliphatic hydroxyl groups is 1. The van der Waals surface area contributed by atoms with Gasteiger partial charge in [0.25, 0.3) is 5.91 Å². The molecule has 0 aliphatic heterocycles. The Hall–Kier alpha value is -1.39. The van der Waals surface area contributed by atoms with E-state index >= 15 is 0 Å². The molecule has 0 fully saturated rings. The number of benzene rings is 1. The smallest absolute Gasteiger partial charge is 0.251 e. The Bertz CT molecular complexity index is 339. The van der Waals surface area contributed by atoms with Gasteiger partial charge in [-0.1, -0.05) is 12.1 Å². The number of carbonyl (C=O) groups excluding carboxylic acids is 1. The summed E-state index contributed by atoms with van der Waals surface area (Å²) in [7, 11) is 0. The summed E-state index contributed by atoms with van der Waals surface area (Å²) in [5, 5.41) is 11.6. The highest BCUT2D eigenvalue weighted by atomic mass is 16.3. The molecular weight excluding hydrogens is 192 g/mol. The van der Waals surface area contributed by atoms with Gasteiger partial charge in [0.05, 0.1) is 12.6 Å². The molecule has 0 aliphatic carbocycles. The average Bonchev–Trinajstić information content (AvgIpc) is 2.28. The molecule has 0 aromatic heterocycles. The van der Waals surface area contributed by atoms with E-state index in [1.807, 2.05) is 6.92 Å². The second-order valence-electron chi connectivity index (χ2n) is 3.27. The van der Waals surface area contributed by atoms with Gasteiger partial charge in [-0.25, -0.2) is 0 Å². The number of hydrogen-bond acceptors (Lipinski definition) is 3. The predicted octanol–water partition coefficient (Wildman–Crippen LogP) is 0.428. The molecule has 1 amide bonds. The van der Waals surface area contributed by atoms with Crippen LogP contribution >= 0.6 is 0 Å². The van der Waals surface area contributed by atoms with Gasteiger partial charge in [0, 0.05) is 12.1 Å². The number of carbonyl (C=O) groups is 1. The van der Waals surface area contributed by atoms with Crippen molar-refractivity contribution in [3.05, 3.63) is 35.4 Å². The molecule has 0 radical (unpaired) electrons. The van der Waals surface area contributed by atoms with Crippen molar-refractivity contribution >= 4 is 5.91 Å². The lowest BCUT2D eigenvalue weighted by Gasteiger charge is -2.10. The minimum Gasteiger partial charge on any atom is -0.394 e. The van der Waals surface area contributed by atoms with Crippen molar-refractivity contribution in [3.8, 4) is 0 Å². The Morgan fingerprint density at radius 3 is 2.93 bits per heavy atom. The van der Waals surface area contributed by atoms with E-state index in [9.17, 15) is 4.79 Å². The molecule has 0 spiro atoms. The quantitative estimate of drug-likeness (QED) is 0.671. The second kappa shape index (κ2) is 5.48. The summed E-state index contributed by atoms with van der Waals surface area (Å²) in [4.78, 5) is 11.5. The van der Waals surface area contributed by atoms with Crippen LogP contribution in [0.2, 0.25) is 0 Å². The summed E-state index contributed by atoms with van der Waals surface area (Å²) in [6.45, 7) is 2.33. The Kier molecular flexibility index (Phi) is 4.27. The van der Waals surface area contributed by atoms with E-state index in [1.54, 1.807) is 24.3 Å². The maximum Gasteiger partial charge on any atom is 0.251 e. The van der Waals surface area contributed by atoms with Crippen LogP contribution in [-0.2, 0) is 0 Å². The van der Waals surface area contributed by atoms with Crippen molar-refractivity contribution in [1.29, 1.82) is 0 Å². The van der Waals surface area contributed by atoms with Crippen LogP contribution in [0, 0.1) is 0 Å². The summed E-state index contributed by atoms with van der Waals surface area (Å²) < 4.78 is 0. The van der Waals surface area contributed by atoms with Gasteiger partial charge in [-0.3, -0.25) is 4.79 Å². The summed E-state index contributed by atoms with van der Waals surface area (Å²) >= 11 is 0. The third-order valence-electron chi connectivity index (χ3n) is 2.11. The normalized spacial score (nSPS) is 12.2. The fourth-order valence-electron chi connectivity index (χ4n) is 1.28. The predicted molar refractivity (Wildman–Crippen MR) is 58.5 cm³/mol. The topological polar surface area (TPSA) is 75.4 Å². The molecule has 4 N–H and O–H groups in total. The molecule has 1 aromatic rings. The van der Waals surface area contributed by atoms with Crippen molar-refractivity contribution in [2.24, 2.45) is 5.73 Å².